The Morgan fingerprint density at radius 1 is 1.35 bits per heavy atom. The van der Waals surface area contributed by atoms with Gasteiger partial charge in [0, 0.05) is 37.0 Å². The van der Waals surface area contributed by atoms with Crippen LogP contribution in [0.15, 0.2) is 45.9 Å². The van der Waals surface area contributed by atoms with Gasteiger partial charge in [0.15, 0.2) is 0 Å². The highest BCUT2D eigenvalue weighted by molar-refractivity contribution is 7.89. The number of hydrogen-bond acceptors (Lipinski definition) is 4. The number of carbonyl (C=O) groups is 1. The zero-order valence-electron chi connectivity index (χ0n) is 15.4. The molecule has 1 N–H and O–H groups in total. The second kappa shape index (κ2) is 6.55. The van der Waals surface area contributed by atoms with Gasteiger partial charge in [-0.05, 0) is 42.8 Å². The van der Waals surface area contributed by atoms with E-state index in [-0.39, 0.29) is 22.3 Å². The first-order valence-electron chi connectivity index (χ1n) is 8.57. The maximum atomic E-state index is 12.8. The number of benzene rings is 1. The van der Waals surface area contributed by atoms with Gasteiger partial charge in [-0.15, -0.1) is 0 Å². The molecule has 0 fully saturated rings. The van der Waals surface area contributed by atoms with Crippen molar-refractivity contribution in [3.63, 3.8) is 0 Å². The van der Waals surface area contributed by atoms with Crippen LogP contribution in [-0.4, -0.2) is 26.9 Å². The molecular formula is C19H24N2O4S. The van der Waals surface area contributed by atoms with Gasteiger partial charge in [0.1, 0.15) is 5.76 Å². The van der Waals surface area contributed by atoms with E-state index in [2.05, 4.69) is 4.72 Å². The Morgan fingerprint density at radius 2 is 2.08 bits per heavy atom. The summed E-state index contributed by atoms with van der Waals surface area (Å²) in [6, 6.07) is 8.25. The molecule has 1 amide bonds. The van der Waals surface area contributed by atoms with E-state index >= 15 is 0 Å². The number of nitrogens with one attached hydrogen (secondary N) is 1. The number of sulfonamides is 1. The number of hydrogen-bond donors (Lipinski definition) is 1. The number of fused-ring (bicyclic) bond motifs is 1. The molecule has 0 radical (unpaired) electrons. The molecule has 1 aromatic carbocycles. The average Bonchev–Trinajstić information content (AvgIpc) is 3.12. The largest absolute Gasteiger partial charge is 0.469 e. The smallest absolute Gasteiger partial charge is 0.240 e. The van der Waals surface area contributed by atoms with E-state index in [0.717, 1.165) is 17.0 Å². The van der Waals surface area contributed by atoms with E-state index in [9.17, 15) is 13.2 Å². The average molecular weight is 376 g/mol. The molecule has 0 spiro atoms. The summed E-state index contributed by atoms with van der Waals surface area (Å²) in [6.45, 7) is 7.89. The molecule has 1 aromatic heterocycles. The van der Waals surface area contributed by atoms with Crippen molar-refractivity contribution in [1.29, 1.82) is 0 Å². The lowest BCUT2D eigenvalue weighted by Gasteiger charge is -2.19. The summed E-state index contributed by atoms with van der Waals surface area (Å²) in [5, 5.41) is 0. The zero-order chi connectivity index (χ0) is 19.1. The third-order valence-electron chi connectivity index (χ3n) is 4.68. The maximum absolute atomic E-state index is 12.8. The summed E-state index contributed by atoms with van der Waals surface area (Å²) >= 11 is 0. The molecule has 26 heavy (non-hydrogen) atoms. The minimum absolute atomic E-state index is 0.0439. The number of furan rings is 1. The highest BCUT2D eigenvalue weighted by Crippen LogP contribution is 2.41. The molecular weight excluding hydrogens is 352 g/mol. The zero-order valence-corrected chi connectivity index (χ0v) is 16.3. The lowest BCUT2D eigenvalue weighted by molar-refractivity contribution is -0.116. The minimum atomic E-state index is -3.67. The van der Waals surface area contributed by atoms with Crippen molar-refractivity contribution in [3.8, 4) is 0 Å². The van der Waals surface area contributed by atoms with Crippen molar-refractivity contribution in [2.75, 3.05) is 11.4 Å². The quantitative estimate of drug-likeness (QED) is 0.870. The fourth-order valence-electron chi connectivity index (χ4n) is 3.41. The summed E-state index contributed by atoms with van der Waals surface area (Å²) in [7, 11) is -3.67. The molecule has 1 aliphatic heterocycles. The highest BCUT2D eigenvalue weighted by Gasteiger charge is 2.37. The van der Waals surface area contributed by atoms with Gasteiger partial charge < -0.3 is 9.32 Å². The lowest BCUT2D eigenvalue weighted by atomic mass is 9.87. The van der Waals surface area contributed by atoms with Crippen molar-refractivity contribution in [3.05, 3.63) is 47.9 Å². The molecule has 0 aliphatic carbocycles. The molecule has 0 bridgehead atoms. The number of rotatable bonds is 5. The predicted octanol–water partition coefficient (Wildman–Crippen LogP) is 2.83. The van der Waals surface area contributed by atoms with E-state index in [4.69, 9.17) is 4.42 Å². The van der Waals surface area contributed by atoms with Gasteiger partial charge in [-0.3, -0.25) is 4.79 Å². The number of nitrogens with zero attached hydrogens (tertiary/aromatic N) is 1. The Kier molecular flexibility index (Phi) is 4.71. The number of carbonyl (C=O) groups excluding carboxylic acids is 1. The molecule has 7 heteroatoms. The fourth-order valence-corrected chi connectivity index (χ4v) is 4.68. The van der Waals surface area contributed by atoms with Crippen LogP contribution in [0.3, 0.4) is 0 Å². The van der Waals surface area contributed by atoms with Gasteiger partial charge in [-0.1, -0.05) is 13.8 Å². The Bertz CT molecular complexity index is 917. The van der Waals surface area contributed by atoms with Crippen LogP contribution >= 0.6 is 0 Å². The molecule has 2 aromatic rings. The van der Waals surface area contributed by atoms with Crippen LogP contribution < -0.4 is 9.62 Å². The van der Waals surface area contributed by atoms with Gasteiger partial charge in [0.25, 0.3) is 0 Å². The molecule has 1 atom stereocenters. The van der Waals surface area contributed by atoms with Crippen LogP contribution in [0.5, 0.6) is 0 Å². The van der Waals surface area contributed by atoms with E-state index in [1.165, 1.54) is 6.92 Å². The van der Waals surface area contributed by atoms with Crippen molar-refractivity contribution >= 4 is 21.6 Å². The summed E-state index contributed by atoms with van der Waals surface area (Å²) in [5.74, 6) is 0.685. The summed E-state index contributed by atoms with van der Waals surface area (Å²) in [4.78, 5) is 13.8. The van der Waals surface area contributed by atoms with Gasteiger partial charge in [0.05, 0.1) is 11.2 Å². The van der Waals surface area contributed by atoms with E-state index in [1.807, 2.05) is 19.9 Å². The predicted molar refractivity (Wildman–Crippen MR) is 99.7 cm³/mol. The molecule has 0 saturated heterocycles. The van der Waals surface area contributed by atoms with Gasteiger partial charge in [-0.25, -0.2) is 13.1 Å². The lowest BCUT2D eigenvalue weighted by Crippen LogP contribution is -2.34. The third kappa shape index (κ3) is 3.54. The topological polar surface area (TPSA) is 79.6 Å². The highest BCUT2D eigenvalue weighted by atomic mass is 32.2. The van der Waals surface area contributed by atoms with Crippen molar-refractivity contribution in [1.82, 2.24) is 4.72 Å². The number of anilines is 1. The van der Waals surface area contributed by atoms with Crippen LogP contribution in [0.4, 0.5) is 5.69 Å². The molecule has 2 heterocycles. The SMILES string of the molecule is CC(=O)N1CC(C)(C)c2cc(S(=O)(=O)N[C@H](C)Cc3ccco3)ccc21. The van der Waals surface area contributed by atoms with Crippen LogP contribution in [0.2, 0.25) is 0 Å². The molecule has 0 saturated carbocycles. The monoisotopic (exact) mass is 376 g/mol. The minimum Gasteiger partial charge on any atom is -0.469 e. The van der Waals surface area contributed by atoms with Gasteiger partial charge in [-0.2, -0.15) is 0 Å². The normalized spacial score (nSPS) is 17.2. The molecule has 6 nitrogen and oxygen atoms in total. The first-order chi connectivity index (χ1) is 12.1. The van der Waals surface area contributed by atoms with E-state index < -0.39 is 10.0 Å². The van der Waals surface area contributed by atoms with Crippen LogP contribution in [0.25, 0.3) is 0 Å². The first-order valence-corrected chi connectivity index (χ1v) is 10.1. The van der Waals surface area contributed by atoms with Gasteiger partial charge in [0.2, 0.25) is 15.9 Å². The van der Waals surface area contributed by atoms with Crippen LogP contribution in [0, 0.1) is 0 Å². The summed E-state index contributed by atoms with van der Waals surface area (Å²) in [6.07, 6.45) is 2.04. The summed E-state index contributed by atoms with van der Waals surface area (Å²) in [5.41, 5.74) is 1.35. The standard InChI is InChI=1S/C19H24N2O4S/c1-13(10-15-6-5-9-25-15)20-26(23,24)16-7-8-18-17(11-16)19(3,4)12-21(18)14(2)22/h5-9,11,13,20H,10,12H2,1-4H3/t13-/m1/s1. The molecule has 3 rings (SSSR count). The Morgan fingerprint density at radius 3 is 2.69 bits per heavy atom. The first kappa shape index (κ1) is 18.7. The second-order valence-corrected chi connectivity index (χ2v) is 9.19. The van der Waals surface area contributed by atoms with Crippen LogP contribution in [-0.2, 0) is 26.7 Å². The maximum Gasteiger partial charge on any atom is 0.240 e. The Balaban J connectivity index is 1.86. The Labute approximate surface area is 154 Å². The van der Waals surface area contributed by atoms with Crippen LogP contribution in [0.1, 0.15) is 39.0 Å². The molecule has 0 unspecified atom stereocenters. The summed E-state index contributed by atoms with van der Waals surface area (Å²) < 4.78 is 33.5. The molecule has 140 valence electrons. The fraction of sp³-hybridized carbons (Fsp3) is 0.421. The van der Waals surface area contributed by atoms with E-state index in [1.54, 1.807) is 42.4 Å². The second-order valence-electron chi connectivity index (χ2n) is 7.47. The third-order valence-corrected chi connectivity index (χ3v) is 6.26. The van der Waals surface area contributed by atoms with Gasteiger partial charge >= 0.3 is 0 Å². The Hall–Kier alpha value is -2.12. The van der Waals surface area contributed by atoms with E-state index in [0.29, 0.717) is 13.0 Å². The van der Waals surface area contributed by atoms with Crippen molar-refractivity contribution in [2.45, 2.75) is 50.5 Å². The van der Waals surface area contributed by atoms with Crippen molar-refractivity contribution < 1.29 is 17.6 Å². The molecule has 1 aliphatic rings. The number of amides is 1. The van der Waals surface area contributed by atoms with Crippen molar-refractivity contribution in [2.24, 2.45) is 0 Å².